The lowest BCUT2D eigenvalue weighted by Gasteiger charge is -2.12. The monoisotopic (exact) mass is 200 g/mol. The van der Waals surface area contributed by atoms with Crippen LogP contribution >= 0.6 is 0 Å². The average Bonchev–Trinajstić information content (AvgIpc) is 2.13. The maximum Gasteiger partial charge on any atom is 0.134 e. The molecular weight excluding hydrogens is 186 g/mol. The second-order valence-corrected chi connectivity index (χ2v) is 3.40. The van der Waals surface area contributed by atoms with E-state index in [0.717, 1.165) is 0 Å². The molecule has 0 aromatic heterocycles. The Morgan fingerprint density at radius 1 is 1.36 bits per heavy atom. The van der Waals surface area contributed by atoms with Crippen molar-refractivity contribution in [3.05, 3.63) is 34.9 Å². The zero-order valence-corrected chi connectivity index (χ0v) is 8.35. The standard InChI is InChI=1S/C11H14F2O/c1-3-4-9(14)10-8(12)6-5-7(2)11(10)13/h5-6,9,14H,3-4H2,1-2H3. The van der Waals surface area contributed by atoms with Gasteiger partial charge in [-0.15, -0.1) is 0 Å². The molecule has 78 valence electrons. The largest absolute Gasteiger partial charge is 0.388 e. The minimum Gasteiger partial charge on any atom is -0.388 e. The smallest absolute Gasteiger partial charge is 0.134 e. The van der Waals surface area contributed by atoms with Crippen molar-refractivity contribution >= 4 is 0 Å². The number of rotatable bonds is 3. The Labute approximate surface area is 82.4 Å². The van der Waals surface area contributed by atoms with Crippen LogP contribution in [0.3, 0.4) is 0 Å². The minimum atomic E-state index is -1.04. The van der Waals surface area contributed by atoms with E-state index in [1.54, 1.807) is 6.92 Å². The summed E-state index contributed by atoms with van der Waals surface area (Å²) in [6.07, 6.45) is 0.0190. The van der Waals surface area contributed by atoms with Crippen molar-refractivity contribution < 1.29 is 13.9 Å². The van der Waals surface area contributed by atoms with Crippen LogP contribution in [0.5, 0.6) is 0 Å². The Hall–Kier alpha value is -0.960. The highest BCUT2D eigenvalue weighted by atomic mass is 19.1. The Morgan fingerprint density at radius 2 is 2.00 bits per heavy atom. The summed E-state index contributed by atoms with van der Waals surface area (Å²) in [5.74, 6) is -1.31. The van der Waals surface area contributed by atoms with E-state index in [0.29, 0.717) is 18.4 Å². The highest BCUT2D eigenvalue weighted by molar-refractivity contribution is 5.28. The van der Waals surface area contributed by atoms with Gasteiger partial charge in [0.05, 0.1) is 11.7 Å². The molecule has 0 heterocycles. The third kappa shape index (κ3) is 2.10. The summed E-state index contributed by atoms with van der Waals surface area (Å²) >= 11 is 0. The Kier molecular flexibility index (Phi) is 3.58. The number of aryl methyl sites for hydroxylation is 1. The summed E-state index contributed by atoms with van der Waals surface area (Å²) in [5.41, 5.74) is 0.156. The van der Waals surface area contributed by atoms with Crippen LogP contribution in [0.2, 0.25) is 0 Å². The van der Waals surface area contributed by atoms with E-state index in [9.17, 15) is 13.9 Å². The van der Waals surface area contributed by atoms with Crippen LogP contribution in [0.4, 0.5) is 8.78 Å². The highest BCUT2D eigenvalue weighted by Gasteiger charge is 2.18. The third-order valence-electron chi connectivity index (χ3n) is 2.21. The lowest BCUT2D eigenvalue weighted by Crippen LogP contribution is -2.05. The first-order valence-electron chi connectivity index (χ1n) is 4.70. The van der Waals surface area contributed by atoms with Crippen LogP contribution in [0.25, 0.3) is 0 Å². The Bertz CT molecular complexity index is 323. The van der Waals surface area contributed by atoms with Gasteiger partial charge in [-0.2, -0.15) is 0 Å². The molecule has 0 saturated heterocycles. The molecule has 1 aromatic rings. The molecule has 0 aliphatic heterocycles. The molecule has 1 atom stereocenters. The van der Waals surface area contributed by atoms with E-state index in [1.807, 2.05) is 6.92 Å². The summed E-state index contributed by atoms with van der Waals surface area (Å²) < 4.78 is 26.6. The van der Waals surface area contributed by atoms with Crippen LogP contribution < -0.4 is 0 Å². The van der Waals surface area contributed by atoms with Crippen molar-refractivity contribution in [1.82, 2.24) is 0 Å². The van der Waals surface area contributed by atoms with Crippen LogP contribution in [-0.2, 0) is 0 Å². The highest BCUT2D eigenvalue weighted by Crippen LogP contribution is 2.25. The van der Waals surface area contributed by atoms with E-state index < -0.39 is 17.7 Å². The van der Waals surface area contributed by atoms with Gasteiger partial charge >= 0.3 is 0 Å². The normalized spacial score (nSPS) is 12.9. The van der Waals surface area contributed by atoms with Gasteiger partial charge < -0.3 is 5.11 Å². The van der Waals surface area contributed by atoms with Crippen molar-refractivity contribution in [3.8, 4) is 0 Å². The molecule has 1 rings (SSSR count). The number of hydrogen-bond acceptors (Lipinski definition) is 1. The first kappa shape index (κ1) is 11.1. The van der Waals surface area contributed by atoms with Crippen molar-refractivity contribution in [2.24, 2.45) is 0 Å². The summed E-state index contributed by atoms with van der Waals surface area (Å²) in [6, 6.07) is 2.56. The second-order valence-electron chi connectivity index (χ2n) is 3.40. The van der Waals surface area contributed by atoms with Crippen molar-refractivity contribution in [3.63, 3.8) is 0 Å². The fraction of sp³-hybridized carbons (Fsp3) is 0.455. The van der Waals surface area contributed by atoms with Gasteiger partial charge in [0.25, 0.3) is 0 Å². The fourth-order valence-corrected chi connectivity index (χ4v) is 1.40. The molecule has 0 amide bonds. The van der Waals surface area contributed by atoms with Gasteiger partial charge in [0.1, 0.15) is 11.6 Å². The Morgan fingerprint density at radius 3 is 2.57 bits per heavy atom. The summed E-state index contributed by atoms with van der Waals surface area (Å²) in [4.78, 5) is 0. The van der Waals surface area contributed by atoms with Crippen molar-refractivity contribution in [1.29, 1.82) is 0 Å². The van der Waals surface area contributed by atoms with E-state index in [2.05, 4.69) is 0 Å². The first-order chi connectivity index (χ1) is 6.57. The van der Waals surface area contributed by atoms with Gasteiger partial charge in [-0.05, 0) is 25.0 Å². The van der Waals surface area contributed by atoms with Gasteiger partial charge in [0, 0.05) is 0 Å². The molecule has 1 N–H and O–H groups in total. The minimum absolute atomic E-state index is 0.202. The van der Waals surface area contributed by atoms with Crippen LogP contribution in [0.1, 0.15) is 37.0 Å². The second kappa shape index (κ2) is 4.51. The lowest BCUT2D eigenvalue weighted by molar-refractivity contribution is 0.156. The third-order valence-corrected chi connectivity index (χ3v) is 2.21. The van der Waals surface area contributed by atoms with Crippen LogP contribution in [-0.4, -0.2) is 5.11 Å². The average molecular weight is 200 g/mol. The molecule has 0 spiro atoms. The van der Waals surface area contributed by atoms with Gasteiger partial charge in [-0.3, -0.25) is 0 Å². The molecule has 0 aliphatic rings. The predicted octanol–water partition coefficient (Wildman–Crippen LogP) is 3.11. The van der Waals surface area contributed by atoms with Gasteiger partial charge in [-0.1, -0.05) is 19.4 Å². The van der Waals surface area contributed by atoms with Crippen LogP contribution in [0.15, 0.2) is 12.1 Å². The molecule has 1 unspecified atom stereocenters. The van der Waals surface area contributed by atoms with Gasteiger partial charge in [0.2, 0.25) is 0 Å². The number of aliphatic hydroxyl groups is 1. The van der Waals surface area contributed by atoms with E-state index in [4.69, 9.17) is 0 Å². The quantitative estimate of drug-likeness (QED) is 0.794. The maximum atomic E-state index is 13.4. The molecule has 14 heavy (non-hydrogen) atoms. The van der Waals surface area contributed by atoms with E-state index in [1.165, 1.54) is 12.1 Å². The molecule has 1 aromatic carbocycles. The van der Waals surface area contributed by atoms with Crippen molar-refractivity contribution in [2.75, 3.05) is 0 Å². The van der Waals surface area contributed by atoms with Crippen LogP contribution in [0, 0.1) is 18.6 Å². The zero-order chi connectivity index (χ0) is 10.7. The summed E-state index contributed by atoms with van der Waals surface area (Å²) in [6.45, 7) is 3.41. The first-order valence-corrected chi connectivity index (χ1v) is 4.70. The van der Waals surface area contributed by atoms with E-state index in [-0.39, 0.29) is 5.56 Å². The molecule has 0 aliphatic carbocycles. The summed E-state index contributed by atoms with van der Waals surface area (Å²) in [5, 5.41) is 9.53. The number of halogens is 2. The predicted molar refractivity (Wildman–Crippen MR) is 51.0 cm³/mol. The van der Waals surface area contributed by atoms with E-state index >= 15 is 0 Å². The topological polar surface area (TPSA) is 20.2 Å². The fourth-order valence-electron chi connectivity index (χ4n) is 1.40. The van der Waals surface area contributed by atoms with Crippen molar-refractivity contribution in [2.45, 2.75) is 32.8 Å². The zero-order valence-electron chi connectivity index (χ0n) is 8.35. The van der Waals surface area contributed by atoms with Gasteiger partial charge in [0.15, 0.2) is 0 Å². The Balaban J connectivity index is 3.11. The molecule has 0 bridgehead atoms. The molecule has 0 fully saturated rings. The lowest BCUT2D eigenvalue weighted by atomic mass is 10.0. The summed E-state index contributed by atoms with van der Waals surface area (Å²) in [7, 11) is 0. The molecule has 3 heteroatoms. The SMILES string of the molecule is CCCC(O)c1c(F)ccc(C)c1F. The molecule has 0 saturated carbocycles. The molecular formula is C11H14F2O. The maximum absolute atomic E-state index is 13.4. The number of hydrogen-bond donors (Lipinski definition) is 1. The number of benzene rings is 1. The molecule has 0 radical (unpaired) electrons. The number of aliphatic hydroxyl groups excluding tert-OH is 1. The van der Waals surface area contributed by atoms with Gasteiger partial charge in [-0.25, -0.2) is 8.78 Å². The molecule has 1 nitrogen and oxygen atoms in total.